The number of hydrogen-bond donors (Lipinski definition) is 1. The highest BCUT2D eigenvalue weighted by molar-refractivity contribution is 7.71. The molecule has 0 amide bonds. The summed E-state index contributed by atoms with van der Waals surface area (Å²) in [5.41, 5.74) is 1.32. The highest BCUT2D eigenvalue weighted by atomic mass is 32.1. The van der Waals surface area contributed by atoms with Crippen LogP contribution in [0, 0.1) is 29.1 Å². The van der Waals surface area contributed by atoms with Gasteiger partial charge in [-0.2, -0.15) is 0 Å². The Morgan fingerprint density at radius 1 is 1.10 bits per heavy atom. The van der Waals surface area contributed by atoms with E-state index in [1.807, 2.05) is 0 Å². The van der Waals surface area contributed by atoms with Crippen LogP contribution in [-0.4, -0.2) is 9.55 Å². The molecule has 0 bridgehead atoms. The average molecular weight is 294 g/mol. The number of rotatable bonds is 1. The van der Waals surface area contributed by atoms with Crippen LogP contribution in [0.15, 0.2) is 30.3 Å². The van der Waals surface area contributed by atoms with Crippen LogP contribution in [0.1, 0.15) is 5.56 Å². The van der Waals surface area contributed by atoms with Gasteiger partial charge in [0.25, 0.3) is 0 Å². The lowest BCUT2D eigenvalue weighted by atomic mass is 10.2. The number of H-pyrrole nitrogens is 1. The molecule has 0 saturated carbocycles. The molecular formula is C14H9F3N2S. The lowest BCUT2D eigenvalue weighted by molar-refractivity contribution is 0.504. The quantitative estimate of drug-likeness (QED) is 0.659. The molecule has 1 N–H and O–H groups in total. The van der Waals surface area contributed by atoms with Crippen molar-refractivity contribution in [3.05, 3.63) is 58.1 Å². The summed E-state index contributed by atoms with van der Waals surface area (Å²) < 4.78 is 42.3. The molecule has 0 aliphatic carbocycles. The second-order valence-corrected chi connectivity index (χ2v) is 4.84. The number of imidazole rings is 1. The Labute approximate surface area is 117 Å². The largest absolute Gasteiger partial charge is 0.330 e. The first-order chi connectivity index (χ1) is 9.49. The fourth-order valence-electron chi connectivity index (χ4n) is 2.14. The zero-order valence-corrected chi connectivity index (χ0v) is 11.2. The van der Waals surface area contributed by atoms with Crippen LogP contribution in [0.3, 0.4) is 0 Å². The van der Waals surface area contributed by atoms with Crippen LogP contribution < -0.4 is 0 Å². The van der Waals surface area contributed by atoms with E-state index < -0.39 is 11.6 Å². The summed E-state index contributed by atoms with van der Waals surface area (Å²) in [4.78, 5) is 2.79. The van der Waals surface area contributed by atoms with E-state index in [1.165, 1.54) is 22.8 Å². The van der Waals surface area contributed by atoms with Gasteiger partial charge in [-0.15, -0.1) is 0 Å². The normalized spacial score (nSPS) is 11.2. The van der Waals surface area contributed by atoms with Gasteiger partial charge < -0.3 is 4.98 Å². The van der Waals surface area contributed by atoms with Gasteiger partial charge >= 0.3 is 0 Å². The van der Waals surface area contributed by atoms with Crippen LogP contribution in [-0.2, 0) is 0 Å². The Hall–Kier alpha value is -2.08. The third kappa shape index (κ3) is 1.84. The number of halogens is 3. The predicted molar refractivity (Wildman–Crippen MR) is 73.1 cm³/mol. The van der Waals surface area contributed by atoms with Gasteiger partial charge in [-0.1, -0.05) is 6.07 Å². The number of aromatic nitrogens is 2. The van der Waals surface area contributed by atoms with Gasteiger partial charge in [0.05, 0.1) is 16.7 Å². The summed E-state index contributed by atoms with van der Waals surface area (Å²) in [5, 5.41) is 0. The Morgan fingerprint density at radius 2 is 1.85 bits per heavy atom. The van der Waals surface area contributed by atoms with Crippen LogP contribution in [0.5, 0.6) is 0 Å². The molecule has 0 spiro atoms. The van der Waals surface area contributed by atoms with Crippen molar-refractivity contribution in [1.82, 2.24) is 9.55 Å². The Morgan fingerprint density at radius 3 is 2.60 bits per heavy atom. The molecule has 0 fully saturated rings. The topological polar surface area (TPSA) is 20.7 Å². The number of fused-ring (bicyclic) bond motifs is 1. The van der Waals surface area contributed by atoms with Crippen molar-refractivity contribution in [2.45, 2.75) is 6.92 Å². The number of nitrogens with zero attached hydrogens (tertiary/aromatic N) is 1. The number of aryl methyl sites for hydroxylation is 1. The zero-order chi connectivity index (χ0) is 14.4. The average Bonchev–Trinajstić information content (AvgIpc) is 2.69. The minimum absolute atomic E-state index is 0.00717. The van der Waals surface area contributed by atoms with Crippen LogP contribution in [0.25, 0.3) is 16.7 Å². The van der Waals surface area contributed by atoms with Crippen molar-refractivity contribution in [3.8, 4) is 5.69 Å². The van der Waals surface area contributed by atoms with Crippen LogP contribution >= 0.6 is 12.2 Å². The molecule has 102 valence electrons. The standard InChI is InChI=1S/C14H9F3N2S/c1-7-5-12-10(6-9(7)16)18-14(20)19(12)11-4-2-3-8(15)13(11)17/h2-6H,1H3,(H,18,20). The molecule has 20 heavy (non-hydrogen) atoms. The molecule has 0 aliphatic heterocycles. The van der Waals surface area contributed by atoms with Crippen molar-refractivity contribution in [2.24, 2.45) is 0 Å². The lowest BCUT2D eigenvalue weighted by Gasteiger charge is -2.07. The fraction of sp³-hybridized carbons (Fsp3) is 0.0714. The lowest BCUT2D eigenvalue weighted by Crippen LogP contribution is -2.00. The van der Waals surface area contributed by atoms with Crippen LogP contribution in [0.2, 0.25) is 0 Å². The third-order valence-electron chi connectivity index (χ3n) is 3.13. The zero-order valence-electron chi connectivity index (χ0n) is 10.4. The van der Waals surface area contributed by atoms with Crippen molar-refractivity contribution in [3.63, 3.8) is 0 Å². The first-order valence-electron chi connectivity index (χ1n) is 5.84. The second kappa shape index (κ2) is 4.49. The summed E-state index contributed by atoms with van der Waals surface area (Å²) in [6.45, 7) is 1.59. The van der Waals surface area contributed by atoms with Crippen molar-refractivity contribution < 1.29 is 13.2 Å². The number of nitrogens with one attached hydrogen (secondary N) is 1. The number of hydrogen-bond acceptors (Lipinski definition) is 1. The Bertz CT molecular complexity index is 880. The van der Waals surface area contributed by atoms with E-state index in [2.05, 4.69) is 4.98 Å². The highest BCUT2D eigenvalue weighted by Gasteiger charge is 2.14. The van der Waals surface area contributed by atoms with Gasteiger partial charge in [0, 0.05) is 0 Å². The van der Waals surface area contributed by atoms with E-state index in [1.54, 1.807) is 13.0 Å². The molecule has 0 aliphatic rings. The van der Waals surface area contributed by atoms with Crippen molar-refractivity contribution in [2.75, 3.05) is 0 Å². The minimum Gasteiger partial charge on any atom is -0.330 e. The molecule has 0 unspecified atom stereocenters. The molecule has 2 aromatic carbocycles. The maximum atomic E-state index is 13.9. The molecular weight excluding hydrogens is 285 g/mol. The summed E-state index contributed by atoms with van der Waals surface area (Å²) in [5.74, 6) is -2.34. The van der Waals surface area contributed by atoms with Gasteiger partial charge in [0.15, 0.2) is 16.4 Å². The van der Waals surface area contributed by atoms with Crippen LogP contribution in [0.4, 0.5) is 13.2 Å². The van der Waals surface area contributed by atoms with E-state index in [0.717, 1.165) is 6.07 Å². The van der Waals surface area contributed by atoms with Gasteiger partial charge in [0.1, 0.15) is 5.82 Å². The monoisotopic (exact) mass is 294 g/mol. The first-order valence-corrected chi connectivity index (χ1v) is 6.25. The molecule has 0 atom stereocenters. The number of aromatic amines is 1. The Balaban J connectivity index is 2.42. The molecule has 0 radical (unpaired) electrons. The molecule has 1 heterocycles. The predicted octanol–water partition coefficient (Wildman–Crippen LogP) is 4.41. The smallest absolute Gasteiger partial charge is 0.182 e. The van der Waals surface area contributed by atoms with Gasteiger partial charge in [-0.25, -0.2) is 13.2 Å². The molecule has 0 saturated heterocycles. The fourth-order valence-corrected chi connectivity index (χ4v) is 2.44. The van der Waals surface area contributed by atoms with Crippen molar-refractivity contribution in [1.29, 1.82) is 0 Å². The molecule has 1 aromatic heterocycles. The summed E-state index contributed by atoms with van der Waals surface area (Å²) in [6, 6.07) is 6.67. The third-order valence-corrected chi connectivity index (χ3v) is 3.42. The maximum Gasteiger partial charge on any atom is 0.182 e. The highest BCUT2D eigenvalue weighted by Crippen LogP contribution is 2.25. The number of benzene rings is 2. The minimum atomic E-state index is -0.994. The van der Waals surface area contributed by atoms with E-state index in [4.69, 9.17) is 12.2 Å². The van der Waals surface area contributed by atoms with Gasteiger partial charge in [-0.3, -0.25) is 4.57 Å². The van der Waals surface area contributed by atoms with E-state index in [9.17, 15) is 13.2 Å². The van der Waals surface area contributed by atoms with E-state index in [0.29, 0.717) is 16.6 Å². The second-order valence-electron chi connectivity index (χ2n) is 4.46. The summed E-state index contributed by atoms with van der Waals surface area (Å²) in [7, 11) is 0. The van der Waals surface area contributed by atoms with Crippen molar-refractivity contribution >= 4 is 23.3 Å². The van der Waals surface area contributed by atoms with Gasteiger partial charge in [0.2, 0.25) is 0 Å². The molecule has 6 heteroatoms. The van der Waals surface area contributed by atoms with E-state index in [-0.39, 0.29) is 16.3 Å². The first kappa shape index (κ1) is 12.9. The Kier molecular flexibility index (Phi) is 2.90. The summed E-state index contributed by atoms with van der Waals surface area (Å²) in [6.07, 6.45) is 0. The summed E-state index contributed by atoms with van der Waals surface area (Å²) >= 11 is 5.12. The molecule has 3 aromatic rings. The van der Waals surface area contributed by atoms with Gasteiger partial charge in [-0.05, 0) is 49.0 Å². The maximum absolute atomic E-state index is 13.9. The molecule has 2 nitrogen and oxygen atoms in total. The van der Waals surface area contributed by atoms with E-state index >= 15 is 0 Å². The molecule has 3 rings (SSSR count). The SMILES string of the molecule is Cc1cc2c(cc1F)[nH]c(=S)n2-c1cccc(F)c1F.